The molecule has 2 fully saturated rings. The van der Waals surface area contributed by atoms with Crippen molar-refractivity contribution in [2.24, 2.45) is 11.8 Å². The molecule has 1 spiro atoms. The highest BCUT2D eigenvalue weighted by molar-refractivity contribution is 8.02. The van der Waals surface area contributed by atoms with Gasteiger partial charge in [-0.1, -0.05) is 24.3 Å². The van der Waals surface area contributed by atoms with Crippen LogP contribution in [-0.2, 0) is 14.4 Å². The lowest BCUT2D eigenvalue weighted by atomic mass is 9.78. The first-order valence-electron chi connectivity index (χ1n) is 13.9. The number of nitrogens with zero attached hydrogens (tertiary/aromatic N) is 3. The highest BCUT2D eigenvalue weighted by Crippen LogP contribution is 2.61. The van der Waals surface area contributed by atoms with Gasteiger partial charge < -0.3 is 24.5 Å². The summed E-state index contributed by atoms with van der Waals surface area (Å²) in [4.78, 5) is 48.1. The number of likely N-dealkylation sites (tertiary alicyclic amines) is 1. The molecule has 2 saturated heterocycles. The summed E-state index contributed by atoms with van der Waals surface area (Å²) >= 11 is 1.60. The number of benzene rings is 1. The Hall–Kier alpha value is -2.78. The van der Waals surface area contributed by atoms with Crippen molar-refractivity contribution in [3.63, 3.8) is 0 Å². The third-order valence-corrected chi connectivity index (χ3v) is 9.98. The lowest BCUT2D eigenvalue weighted by Crippen LogP contribution is -2.57. The quantitative estimate of drug-likeness (QED) is 0.412. The Kier molecular flexibility index (Phi) is 7.59. The van der Waals surface area contributed by atoms with E-state index in [9.17, 15) is 19.5 Å². The van der Waals surface area contributed by atoms with Crippen LogP contribution in [0.3, 0.4) is 0 Å². The fourth-order valence-electron chi connectivity index (χ4n) is 6.50. The fourth-order valence-corrected chi connectivity index (χ4v) is 8.50. The van der Waals surface area contributed by atoms with Gasteiger partial charge in [-0.2, -0.15) is 0 Å². The molecule has 5 atom stereocenters. The number of thioether (sulfide) groups is 1. The number of hydrogen-bond acceptors (Lipinski definition) is 6. The van der Waals surface area contributed by atoms with Gasteiger partial charge in [0, 0.05) is 42.7 Å². The van der Waals surface area contributed by atoms with Gasteiger partial charge >= 0.3 is 0 Å². The molecule has 210 valence electrons. The average molecular weight is 554 g/mol. The van der Waals surface area contributed by atoms with Crippen molar-refractivity contribution in [2.75, 3.05) is 37.7 Å². The van der Waals surface area contributed by atoms with Crippen molar-refractivity contribution in [3.8, 4) is 5.75 Å². The fraction of sp³-hybridized carbons (Fsp3) is 0.567. The molecule has 3 amide bonds. The summed E-state index contributed by atoms with van der Waals surface area (Å²) in [6.45, 7) is 9.81. The van der Waals surface area contributed by atoms with Gasteiger partial charge in [-0.3, -0.25) is 14.4 Å². The monoisotopic (exact) mass is 553 g/mol. The molecule has 9 heteroatoms. The minimum atomic E-state index is -0.829. The molecule has 0 radical (unpaired) electrons. The molecule has 1 unspecified atom stereocenters. The van der Waals surface area contributed by atoms with Crippen LogP contribution < -0.4 is 9.64 Å². The molecule has 4 heterocycles. The number of fused-ring (bicyclic) bond motifs is 2. The van der Waals surface area contributed by atoms with E-state index in [2.05, 4.69) is 12.2 Å². The first-order valence-corrected chi connectivity index (χ1v) is 14.8. The van der Waals surface area contributed by atoms with Gasteiger partial charge in [0.15, 0.2) is 0 Å². The minimum Gasteiger partial charge on any atom is -0.494 e. The molecule has 0 bridgehead atoms. The van der Waals surface area contributed by atoms with E-state index in [0.717, 1.165) is 11.4 Å². The van der Waals surface area contributed by atoms with Crippen LogP contribution in [0.1, 0.15) is 40.5 Å². The van der Waals surface area contributed by atoms with Gasteiger partial charge in [-0.05, 0) is 64.8 Å². The van der Waals surface area contributed by atoms with Crippen molar-refractivity contribution in [2.45, 2.75) is 62.1 Å². The number of hydrogen-bond donors (Lipinski definition) is 1. The number of unbranched alkanes of at least 4 members (excludes halogenated alkanes) is 1. The first kappa shape index (κ1) is 27.8. The highest BCUT2D eigenvalue weighted by atomic mass is 32.2. The number of aliphatic hydroxyl groups excluding tert-OH is 1. The van der Waals surface area contributed by atoms with E-state index in [1.54, 1.807) is 21.6 Å². The highest BCUT2D eigenvalue weighted by Gasteiger charge is 2.71. The van der Waals surface area contributed by atoms with Crippen molar-refractivity contribution in [3.05, 3.63) is 48.6 Å². The summed E-state index contributed by atoms with van der Waals surface area (Å²) in [6.07, 6.45) is 9.27. The summed E-state index contributed by atoms with van der Waals surface area (Å²) in [6, 6.07) is 6.79. The van der Waals surface area contributed by atoms with E-state index in [4.69, 9.17) is 4.74 Å². The van der Waals surface area contributed by atoms with Gasteiger partial charge in [-0.25, -0.2) is 0 Å². The molecule has 0 saturated carbocycles. The summed E-state index contributed by atoms with van der Waals surface area (Å²) in [5.74, 6) is -0.794. The molecule has 39 heavy (non-hydrogen) atoms. The number of ether oxygens (including phenoxy) is 1. The zero-order chi connectivity index (χ0) is 27.9. The zero-order valence-electron chi connectivity index (χ0n) is 23.2. The van der Waals surface area contributed by atoms with Crippen molar-refractivity contribution in [1.29, 1.82) is 0 Å². The summed E-state index contributed by atoms with van der Waals surface area (Å²) in [7, 11) is 0. The van der Waals surface area contributed by atoms with Crippen molar-refractivity contribution < 1.29 is 24.2 Å². The molecule has 4 aliphatic rings. The molecule has 4 aliphatic heterocycles. The molecule has 1 aromatic carbocycles. The second-order valence-electron chi connectivity index (χ2n) is 11.6. The molecule has 0 aliphatic carbocycles. The van der Waals surface area contributed by atoms with Gasteiger partial charge in [-0.15, -0.1) is 11.8 Å². The number of aliphatic hydroxyl groups is 1. The Morgan fingerprint density at radius 3 is 2.44 bits per heavy atom. The lowest BCUT2D eigenvalue weighted by molar-refractivity contribution is -0.145. The Morgan fingerprint density at radius 2 is 1.77 bits per heavy atom. The Balaban J connectivity index is 1.54. The lowest BCUT2D eigenvalue weighted by Gasteiger charge is -2.40. The summed E-state index contributed by atoms with van der Waals surface area (Å²) < 4.78 is 4.75. The SMILES string of the molecule is CCOc1ccc(N2CC=C[C@H]3S[C@]45C=CCN(C(C)(C)C)C(=O)C4N(CCCCO)C(=O)[C@@H]5[C@H]3C2=O)cc1. The number of carbonyl (C=O) groups excluding carboxylic acids is 3. The smallest absolute Gasteiger partial charge is 0.247 e. The van der Waals surface area contributed by atoms with E-state index in [1.807, 2.05) is 69.0 Å². The van der Waals surface area contributed by atoms with Gasteiger partial charge in [0.1, 0.15) is 11.8 Å². The van der Waals surface area contributed by atoms with Crippen molar-refractivity contribution >= 4 is 35.2 Å². The van der Waals surface area contributed by atoms with E-state index in [-0.39, 0.29) is 29.6 Å². The van der Waals surface area contributed by atoms with Crippen LogP contribution in [0.25, 0.3) is 0 Å². The second kappa shape index (κ2) is 10.7. The predicted molar refractivity (Wildman–Crippen MR) is 153 cm³/mol. The molecule has 1 aromatic rings. The van der Waals surface area contributed by atoms with Gasteiger partial charge in [0.2, 0.25) is 17.7 Å². The molecule has 0 aromatic heterocycles. The van der Waals surface area contributed by atoms with Crippen LogP contribution in [0.4, 0.5) is 5.69 Å². The second-order valence-corrected chi connectivity index (χ2v) is 13.1. The first-order chi connectivity index (χ1) is 18.6. The van der Waals surface area contributed by atoms with Crippen LogP contribution in [0, 0.1) is 11.8 Å². The van der Waals surface area contributed by atoms with Gasteiger partial charge in [0.25, 0.3) is 0 Å². The largest absolute Gasteiger partial charge is 0.494 e. The number of rotatable bonds is 7. The zero-order valence-corrected chi connectivity index (χ0v) is 24.0. The molecule has 5 rings (SSSR count). The third-order valence-electron chi connectivity index (χ3n) is 8.24. The van der Waals surface area contributed by atoms with Crippen LogP contribution in [0.5, 0.6) is 5.75 Å². The average Bonchev–Trinajstić information content (AvgIpc) is 3.19. The maximum atomic E-state index is 14.3. The number of anilines is 1. The molecular formula is C30H39N3O5S. The van der Waals surface area contributed by atoms with Crippen LogP contribution >= 0.6 is 11.8 Å². The Labute approximate surface area is 235 Å². The molecular weight excluding hydrogens is 514 g/mol. The van der Waals surface area contributed by atoms with E-state index in [0.29, 0.717) is 39.1 Å². The van der Waals surface area contributed by atoms with E-state index in [1.165, 1.54) is 0 Å². The number of amides is 3. The Bertz CT molecular complexity index is 1180. The third kappa shape index (κ3) is 4.67. The van der Waals surface area contributed by atoms with Crippen LogP contribution in [0.15, 0.2) is 48.6 Å². The minimum absolute atomic E-state index is 0.0308. The van der Waals surface area contributed by atoms with Gasteiger partial charge in [0.05, 0.1) is 23.2 Å². The predicted octanol–water partition coefficient (Wildman–Crippen LogP) is 3.25. The normalized spacial score (nSPS) is 30.3. The maximum Gasteiger partial charge on any atom is 0.247 e. The maximum absolute atomic E-state index is 14.3. The van der Waals surface area contributed by atoms with Crippen LogP contribution in [0.2, 0.25) is 0 Å². The summed E-state index contributed by atoms with van der Waals surface area (Å²) in [5, 5.41) is 9.18. The number of carbonyl (C=O) groups is 3. The molecule has 1 N–H and O–H groups in total. The van der Waals surface area contributed by atoms with E-state index < -0.39 is 28.2 Å². The summed E-state index contributed by atoms with van der Waals surface area (Å²) in [5.41, 5.74) is 0.339. The topological polar surface area (TPSA) is 90.4 Å². The van der Waals surface area contributed by atoms with Crippen LogP contribution in [-0.4, -0.2) is 87.1 Å². The Morgan fingerprint density at radius 1 is 1.03 bits per heavy atom. The van der Waals surface area contributed by atoms with E-state index >= 15 is 0 Å². The molecule has 8 nitrogen and oxygen atoms in total. The van der Waals surface area contributed by atoms with Crippen molar-refractivity contribution in [1.82, 2.24) is 9.80 Å². The standard InChI is InChI=1S/C30H39N3O5S/c1-5-38-21-13-11-20(12-14-21)31-17-8-10-22-23(26(31)35)24-27(36)32(16-6-7-19-34)25-28(37)33(29(2,3)4)18-9-15-30(24,25)39-22/h8-15,22-25,34H,5-7,16-19H2,1-4H3/t22-,23+,24+,25?,30+/m1/s1.